The number of hydrogen-bond acceptors (Lipinski definition) is 2. The number of nitrogens with one attached hydrogen (secondary N) is 1. The van der Waals surface area contributed by atoms with Crippen LogP contribution in [-0.2, 0) is 0 Å². The van der Waals surface area contributed by atoms with E-state index in [9.17, 15) is 9.59 Å². The Labute approximate surface area is 109 Å². The molecule has 90 valence electrons. The fourth-order valence-electron chi connectivity index (χ4n) is 1.49. The second kappa shape index (κ2) is 5.47. The SMILES string of the molecule is O=Cc1ccc(NC(=O)c2ccccc2Cl)cc1. The molecular formula is C14H10ClNO2. The minimum atomic E-state index is -0.278. The van der Waals surface area contributed by atoms with Gasteiger partial charge in [-0.15, -0.1) is 0 Å². The molecule has 0 saturated heterocycles. The van der Waals surface area contributed by atoms with E-state index in [1.807, 2.05) is 0 Å². The van der Waals surface area contributed by atoms with Gasteiger partial charge in [-0.25, -0.2) is 0 Å². The van der Waals surface area contributed by atoms with Crippen LogP contribution >= 0.6 is 11.6 Å². The summed E-state index contributed by atoms with van der Waals surface area (Å²) in [6, 6.07) is 13.4. The molecule has 0 aliphatic carbocycles. The van der Waals surface area contributed by atoms with E-state index >= 15 is 0 Å². The van der Waals surface area contributed by atoms with Crippen LogP contribution in [0.15, 0.2) is 48.5 Å². The van der Waals surface area contributed by atoms with Crippen molar-refractivity contribution in [3.63, 3.8) is 0 Å². The van der Waals surface area contributed by atoms with Gasteiger partial charge in [-0.2, -0.15) is 0 Å². The van der Waals surface area contributed by atoms with Crippen molar-refractivity contribution in [3.05, 3.63) is 64.7 Å². The van der Waals surface area contributed by atoms with Gasteiger partial charge in [0.15, 0.2) is 0 Å². The van der Waals surface area contributed by atoms with Crippen molar-refractivity contribution >= 4 is 29.5 Å². The van der Waals surface area contributed by atoms with Crippen LogP contribution in [0.2, 0.25) is 5.02 Å². The van der Waals surface area contributed by atoms with Gasteiger partial charge in [-0.3, -0.25) is 9.59 Å². The topological polar surface area (TPSA) is 46.2 Å². The summed E-state index contributed by atoms with van der Waals surface area (Å²) in [5.74, 6) is -0.278. The lowest BCUT2D eigenvalue weighted by Gasteiger charge is -2.06. The molecule has 0 radical (unpaired) electrons. The van der Waals surface area contributed by atoms with Crippen LogP contribution in [0, 0.1) is 0 Å². The van der Waals surface area contributed by atoms with Crippen LogP contribution in [0.3, 0.4) is 0 Å². The van der Waals surface area contributed by atoms with Gasteiger partial charge in [0.05, 0.1) is 10.6 Å². The predicted molar refractivity (Wildman–Crippen MR) is 71.2 cm³/mol. The lowest BCUT2D eigenvalue weighted by Crippen LogP contribution is -2.12. The van der Waals surface area contributed by atoms with Crippen molar-refractivity contribution in [3.8, 4) is 0 Å². The van der Waals surface area contributed by atoms with Crippen molar-refractivity contribution in [1.29, 1.82) is 0 Å². The number of carbonyl (C=O) groups excluding carboxylic acids is 2. The Balaban J connectivity index is 2.16. The predicted octanol–water partition coefficient (Wildman–Crippen LogP) is 3.40. The Morgan fingerprint density at radius 2 is 1.72 bits per heavy atom. The Bertz CT molecular complexity index is 579. The zero-order valence-corrected chi connectivity index (χ0v) is 10.1. The van der Waals surface area contributed by atoms with Crippen molar-refractivity contribution < 1.29 is 9.59 Å². The number of rotatable bonds is 3. The van der Waals surface area contributed by atoms with Gasteiger partial charge in [0.25, 0.3) is 5.91 Å². The van der Waals surface area contributed by atoms with Crippen LogP contribution < -0.4 is 5.32 Å². The largest absolute Gasteiger partial charge is 0.322 e. The average Bonchev–Trinajstić information content (AvgIpc) is 2.40. The van der Waals surface area contributed by atoms with E-state index in [4.69, 9.17) is 11.6 Å². The van der Waals surface area contributed by atoms with Crippen molar-refractivity contribution in [2.24, 2.45) is 0 Å². The minimum absolute atomic E-state index is 0.278. The highest BCUT2D eigenvalue weighted by molar-refractivity contribution is 6.34. The first-order valence-electron chi connectivity index (χ1n) is 5.32. The highest BCUT2D eigenvalue weighted by atomic mass is 35.5. The summed E-state index contributed by atoms with van der Waals surface area (Å²) in [6.07, 6.45) is 0.750. The van der Waals surface area contributed by atoms with E-state index in [2.05, 4.69) is 5.32 Å². The molecule has 0 aliphatic rings. The molecule has 0 bridgehead atoms. The summed E-state index contributed by atoms with van der Waals surface area (Å²) in [5, 5.41) is 3.11. The van der Waals surface area contributed by atoms with Crippen molar-refractivity contribution in [2.45, 2.75) is 0 Å². The van der Waals surface area contributed by atoms with Gasteiger partial charge >= 0.3 is 0 Å². The second-order valence-corrected chi connectivity index (χ2v) is 4.08. The molecule has 18 heavy (non-hydrogen) atoms. The van der Waals surface area contributed by atoms with Gasteiger partial charge in [0, 0.05) is 11.3 Å². The van der Waals surface area contributed by atoms with Gasteiger partial charge in [-0.05, 0) is 36.4 Å². The second-order valence-electron chi connectivity index (χ2n) is 3.67. The monoisotopic (exact) mass is 259 g/mol. The fourth-order valence-corrected chi connectivity index (χ4v) is 1.71. The van der Waals surface area contributed by atoms with Crippen LogP contribution in [0.5, 0.6) is 0 Å². The summed E-state index contributed by atoms with van der Waals surface area (Å²) in [6.45, 7) is 0. The van der Waals surface area contributed by atoms with E-state index in [-0.39, 0.29) is 5.91 Å². The molecule has 2 aromatic rings. The van der Waals surface area contributed by atoms with Crippen LogP contribution in [0.1, 0.15) is 20.7 Å². The molecule has 0 aliphatic heterocycles. The summed E-state index contributed by atoms with van der Waals surface area (Å²) < 4.78 is 0. The third-order valence-corrected chi connectivity index (χ3v) is 2.75. The number of amides is 1. The van der Waals surface area contributed by atoms with Crippen LogP contribution in [0.25, 0.3) is 0 Å². The molecule has 4 heteroatoms. The molecule has 1 N–H and O–H groups in total. The van der Waals surface area contributed by atoms with Crippen LogP contribution in [-0.4, -0.2) is 12.2 Å². The number of halogens is 1. The van der Waals surface area contributed by atoms with Gasteiger partial charge in [-0.1, -0.05) is 23.7 Å². The number of anilines is 1. The maximum atomic E-state index is 11.9. The Kier molecular flexibility index (Phi) is 3.75. The molecular weight excluding hydrogens is 250 g/mol. The molecule has 0 heterocycles. The van der Waals surface area contributed by atoms with E-state index in [0.29, 0.717) is 21.8 Å². The molecule has 0 atom stereocenters. The first-order chi connectivity index (χ1) is 8.70. The first-order valence-corrected chi connectivity index (χ1v) is 5.69. The molecule has 0 saturated carbocycles. The maximum Gasteiger partial charge on any atom is 0.257 e. The van der Waals surface area contributed by atoms with Gasteiger partial charge < -0.3 is 5.32 Å². The minimum Gasteiger partial charge on any atom is -0.322 e. The highest BCUT2D eigenvalue weighted by Crippen LogP contribution is 2.17. The third kappa shape index (κ3) is 2.76. The zero-order valence-electron chi connectivity index (χ0n) is 9.39. The summed E-state index contributed by atoms with van der Waals surface area (Å²) in [5.41, 5.74) is 1.59. The fraction of sp³-hybridized carbons (Fsp3) is 0. The molecule has 2 aromatic carbocycles. The lowest BCUT2D eigenvalue weighted by molar-refractivity contribution is 0.102. The molecule has 2 rings (SSSR count). The van der Waals surface area contributed by atoms with E-state index in [0.717, 1.165) is 6.29 Å². The molecule has 0 spiro atoms. The average molecular weight is 260 g/mol. The van der Waals surface area contributed by atoms with E-state index < -0.39 is 0 Å². The molecule has 1 amide bonds. The normalized spacial score (nSPS) is 9.83. The van der Waals surface area contributed by atoms with Gasteiger partial charge in [0.2, 0.25) is 0 Å². The quantitative estimate of drug-likeness (QED) is 0.859. The summed E-state index contributed by atoms with van der Waals surface area (Å²) in [7, 11) is 0. The maximum absolute atomic E-state index is 11.9. The number of benzene rings is 2. The first kappa shape index (κ1) is 12.3. The Morgan fingerprint density at radius 1 is 1.06 bits per heavy atom. The smallest absolute Gasteiger partial charge is 0.257 e. The van der Waals surface area contributed by atoms with E-state index in [1.165, 1.54) is 0 Å². The molecule has 0 unspecified atom stereocenters. The Morgan fingerprint density at radius 3 is 2.33 bits per heavy atom. The van der Waals surface area contributed by atoms with Gasteiger partial charge in [0.1, 0.15) is 6.29 Å². The number of carbonyl (C=O) groups is 2. The summed E-state index contributed by atoms with van der Waals surface area (Å²) >= 11 is 5.93. The number of aldehydes is 1. The van der Waals surface area contributed by atoms with E-state index in [1.54, 1.807) is 48.5 Å². The molecule has 3 nitrogen and oxygen atoms in total. The molecule has 0 fully saturated rings. The molecule has 0 aromatic heterocycles. The highest BCUT2D eigenvalue weighted by Gasteiger charge is 2.09. The van der Waals surface area contributed by atoms with Crippen molar-refractivity contribution in [2.75, 3.05) is 5.32 Å². The Hall–Kier alpha value is -2.13. The van der Waals surface area contributed by atoms with Crippen molar-refractivity contribution in [1.82, 2.24) is 0 Å². The lowest BCUT2D eigenvalue weighted by atomic mass is 10.2. The third-order valence-electron chi connectivity index (χ3n) is 2.42. The standard InChI is InChI=1S/C14H10ClNO2/c15-13-4-2-1-3-12(13)14(18)16-11-7-5-10(9-17)6-8-11/h1-9H,(H,16,18). The van der Waals surface area contributed by atoms with Crippen LogP contribution in [0.4, 0.5) is 5.69 Å². The summed E-state index contributed by atoms with van der Waals surface area (Å²) in [4.78, 5) is 22.4. The zero-order chi connectivity index (χ0) is 13.0. The number of hydrogen-bond donors (Lipinski definition) is 1.